The molecule has 2 amide bonds. The van der Waals surface area contributed by atoms with Crippen molar-refractivity contribution in [3.63, 3.8) is 0 Å². The van der Waals surface area contributed by atoms with E-state index in [4.69, 9.17) is 4.98 Å². The zero-order chi connectivity index (χ0) is 23.5. The largest absolute Gasteiger partial charge is 0.326 e. The molecule has 3 aromatic heterocycles. The Morgan fingerprint density at radius 3 is 2.65 bits per heavy atom. The number of anilines is 2. The fourth-order valence-electron chi connectivity index (χ4n) is 3.24. The van der Waals surface area contributed by atoms with Gasteiger partial charge in [-0.15, -0.1) is 22.7 Å². The van der Waals surface area contributed by atoms with E-state index in [1.54, 1.807) is 16.7 Å². The van der Waals surface area contributed by atoms with E-state index in [1.165, 1.54) is 35.5 Å². The molecule has 10 heteroatoms. The first kappa shape index (κ1) is 21.8. The number of thiazole rings is 2. The van der Waals surface area contributed by atoms with Gasteiger partial charge < -0.3 is 5.32 Å². The number of aromatic nitrogens is 4. The lowest BCUT2D eigenvalue weighted by molar-refractivity contribution is -0.115. The Labute approximate surface area is 202 Å². The van der Waals surface area contributed by atoms with E-state index in [2.05, 4.69) is 44.6 Å². The number of fused-ring (bicyclic) bond motifs is 1. The minimum absolute atomic E-state index is 0.0937. The van der Waals surface area contributed by atoms with Crippen molar-refractivity contribution < 1.29 is 9.59 Å². The van der Waals surface area contributed by atoms with Gasteiger partial charge in [-0.05, 0) is 48.9 Å². The molecule has 5 aromatic rings. The molecule has 0 bridgehead atoms. The summed E-state index contributed by atoms with van der Waals surface area (Å²) >= 11 is 2.89. The molecule has 8 nitrogen and oxygen atoms in total. The number of carbonyl (C=O) groups excluding carboxylic acids is 2. The second-order valence-corrected chi connectivity index (χ2v) is 9.37. The van der Waals surface area contributed by atoms with Crippen LogP contribution in [-0.2, 0) is 11.2 Å². The summed E-state index contributed by atoms with van der Waals surface area (Å²) in [4.78, 5) is 41.5. The smallest absolute Gasteiger partial charge is 0.277 e. The maximum atomic E-state index is 12.5. The van der Waals surface area contributed by atoms with Crippen molar-refractivity contribution in [3.05, 3.63) is 83.4 Å². The zero-order valence-electron chi connectivity index (χ0n) is 18.0. The van der Waals surface area contributed by atoms with Crippen LogP contribution in [0, 0.1) is 6.92 Å². The van der Waals surface area contributed by atoms with Crippen LogP contribution in [0.4, 0.5) is 10.8 Å². The lowest BCUT2D eigenvalue weighted by Gasteiger charge is -2.05. The average Bonchev–Trinajstić information content (AvgIpc) is 3.46. The highest BCUT2D eigenvalue weighted by molar-refractivity contribution is 7.21. The number of carbonyl (C=O) groups is 2. The molecule has 5 rings (SSSR count). The number of hydrogen-bond donors (Lipinski definition) is 2. The standard InChI is InChI=1S/C24H18N6O2S2/c1-14-2-7-18-20(10-14)34-23(29-18)15-3-5-16(6-4-15)27-21(31)11-17-13-33-24(28-17)30-22(32)19-12-25-8-9-26-19/h2-10,12-13H,11H2,1H3,(H,27,31)(H,28,30,32). The van der Waals surface area contributed by atoms with Crippen LogP contribution in [0.3, 0.4) is 0 Å². The lowest BCUT2D eigenvalue weighted by atomic mass is 10.2. The van der Waals surface area contributed by atoms with E-state index in [0.717, 1.165) is 20.8 Å². The van der Waals surface area contributed by atoms with Gasteiger partial charge in [-0.25, -0.2) is 15.0 Å². The van der Waals surface area contributed by atoms with Gasteiger partial charge in [-0.3, -0.25) is 19.9 Å². The predicted molar refractivity (Wildman–Crippen MR) is 134 cm³/mol. The van der Waals surface area contributed by atoms with E-state index in [9.17, 15) is 9.59 Å². The maximum Gasteiger partial charge on any atom is 0.277 e. The van der Waals surface area contributed by atoms with Crippen molar-refractivity contribution >= 4 is 55.5 Å². The van der Waals surface area contributed by atoms with Crippen molar-refractivity contribution in [1.82, 2.24) is 19.9 Å². The second kappa shape index (κ2) is 9.46. The molecule has 0 aliphatic heterocycles. The van der Waals surface area contributed by atoms with Gasteiger partial charge in [0, 0.05) is 29.0 Å². The zero-order valence-corrected chi connectivity index (χ0v) is 19.6. The van der Waals surface area contributed by atoms with Crippen molar-refractivity contribution in [2.75, 3.05) is 10.6 Å². The molecular weight excluding hydrogens is 468 g/mol. The Hall–Kier alpha value is -4.02. The van der Waals surface area contributed by atoms with Gasteiger partial charge in [0.1, 0.15) is 10.7 Å². The summed E-state index contributed by atoms with van der Waals surface area (Å²) in [6.45, 7) is 2.07. The quantitative estimate of drug-likeness (QED) is 0.351. The number of rotatable bonds is 6. The predicted octanol–water partition coefficient (Wildman–Crippen LogP) is 4.95. The fourth-order valence-corrected chi connectivity index (χ4v) is 5.02. The Bertz CT molecular complexity index is 1480. The number of nitrogens with zero attached hydrogens (tertiary/aromatic N) is 4. The summed E-state index contributed by atoms with van der Waals surface area (Å²) in [6, 6.07) is 13.8. The number of aryl methyl sites for hydroxylation is 1. The first-order chi connectivity index (χ1) is 16.5. The Morgan fingerprint density at radius 1 is 1.00 bits per heavy atom. The van der Waals surface area contributed by atoms with E-state index in [0.29, 0.717) is 16.5 Å². The van der Waals surface area contributed by atoms with E-state index < -0.39 is 5.91 Å². The van der Waals surface area contributed by atoms with Gasteiger partial charge in [-0.2, -0.15) is 0 Å². The molecule has 2 aromatic carbocycles. The Morgan fingerprint density at radius 2 is 1.85 bits per heavy atom. The van der Waals surface area contributed by atoms with Crippen molar-refractivity contribution in [2.45, 2.75) is 13.3 Å². The third-order valence-corrected chi connectivity index (χ3v) is 6.74. The lowest BCUT2D eigenvalue weighted by Crippen LogP contribution is -2.15. The molecule has 0 radical (unpaired) electrons. The van der Waals surface area contributed by atoms with Crippen LogP contribution < -0.4 is 10.6 Å². The van der Waals surface area contributed by atoms with E-state index in [-0.39, 0.29) is 18.0 Å². The molecule has 0 fully saturated rings. The highest BCUT2D eigenvalue weighted by Gasteiger charge is 2.13. The first-order valence-electron chi connectivity index (χ1n) is 10.3. The highest BCUT2D eigenvalue weighted by Crippen LogP contribution is 2.31. The second-order valence-electron chi connectivity index (χ2n) is 7.48. The van der Waals surface area contributed by atoms with Crippen LogP contribution in [0.5, 0.6) is 0 Å². The molecular formula is C24H18N6O2S2. The SMILES string of the molecule is Cc1ccc2nc(-c3ccc(NC(=O)Cc4csc(NC(=O)c5cnccn5)n4)cc3)sc2c1. The molecule has 34 heavy (non-hydrogen) atoms. The first-order valence-corrected chi connectivity index (χ1v) is 12.0. The average molecular weight is 487 g/mol. The molecule has 0 atom stereocenters. The van der Waals surface area contributed by atoms with Crippen LogP contribution >= 0.6 is 22.7 Å². The molecule has 168 valence electrons. The normalized spacial score (nSPS) is 10.9. The molecule has 3 heterocycles. The maximum absolute atomic E-state index is 12.5. The number of nitrogens with one attached hydrogen (secondary N) is 2. The van der Waals surface area contributed by atoms with E-state index >= 15 is 0 Å². The number of hydrogen-bond acceptors (Lipinski definition) is 8. The van der Waals surface area contributed by atoms with Gasteiger partial charge in [0.2, 0.25) is 5.91 Å². The van der Waals surface area contributed by atoms with Gasteiger partial charge >= 0.3 is 0 Å². The van der Waals surface area contributed by atoms with Crippen LogP contribution in [0.15, 0.2) is 66.4 Å². The summed E-state index contributed by atoms with van der Waals surface area (Å²) in [5.74, 6) is -0.595. The monoisotopic (exact) mass is 486 g/mol. The fraction of sp³-hybridized carbons (Fsp3) is 0.0833. The van der Waals surface area contributed by atoms with Crippen LogP contribution in [0.1, 0.15) is 21.7 Å². The summed E-state index contributed by atoms with van der Waals surface area (Å²) < 4.78 is 1.16. The van der Waals surface area contributed by atoms with Crippen LogP contribution in [0.25, 0.3) is 20.8 Å². The minimum atomic E-state index is -0.401. The molecule has 0 spiro atoms. The molecule has 0 saturated carbocycles. The summed E-state index contributed by atoms with van der Waals surface area (Å²) in [5, 5.41) is 8.63. The summed E-state index contributed by atoms with van der Waals surface area (Å²) in [6.07, 6.45) is 4.40. The third kappa shape index (κ3) is 4.98. The molecule has 0 saturated heterocycles. The van der Waals surface area contributed by atoms with Gasteiger partial charge in [-0.1, -0.05) is 6.07 Å². The van der Waals surface area contributed by atoms with Gasteiger partial charge in [0.05, 0.1) is 28.5 Å². The van der Waals surface area contributed by atoms with Crippen LogP contribution in [0.2, 0.25) is 0 Å². The van der Waals surface area contributed by atoms with Gasteiger partial charge in [0.15, 0.2) is 5.13 Å². The minimum Gasteiger partial charge on any atom is -0.326 e. The van der Waals surface area contributed by atoms with Crippen molar-refractivity contribution in [2.24, 2.45) is 0 Å². The van der Waals surface area contributed by atoms with Crippen molar-refractivity contribution in [1.29, 1.82) is 0 Å². The Balaban J connectivity index is 1.19. The highest BCUT2D eigenvalue weighted by atomic mass is 32.1. The third-order valence-electron chi connectivity index (χ3n) is 4.87. The summed E-state index contributed by atoms with van der Waals surface area (Å²) in [7, 11) is 0. The van der Waals surface area contributed by atoms with Crippen molar-refractivity contribution in [3.8, 4) is 10.6 Å². The molecule has 0 unspecified atom stereocenters. The molecule has 0 aliphatic rings. The topological polar surface area (TPSA) is 110 Å². The number of amides is 2. The molecule has 2 N–H and O–H groups in total. The number of benzene rings is 2. The van der Waals surface area contributed by atoms with Gasteiger partial charge in [0.25, 0.3) is 5.91 Å². The van der Waals surface area contributed by atoms with Crippen LogP contribution in [-0.4, -0.2) is 31.8 Å². The van der Waals surface area contributed by atoms with E-state index in [1.807, 2.05) is 30.3 Å². The molecule has 0 aliphatic carbocycles. The Kier molecular flexibility index (Phi) is 6.07. The summed E-state index contributed by atoms with van der Waals surface area (Å²) in [5.41, 5.74) is 4.65.